The molecule has 5 heterocycles. The molecule has 22 heteroatoms. The van der Waals surface area contributed by atoms with Crippen LogP contribution < -0.4 is 11.1 Å². The summed E-state index contributed by atoms with van der Waals surface area (Å²) in [5, 5.41) is 0. The molecule has 1 aliphatic rings. The summed E-state index contributed by atoms with van der Waals surface area (Å²) in [6.07, 6.45) is -1.29. The minimum absolute atomic E-state index is 0.0370. The molecule has 5 rings (SSSR count). The van der Waals surface area contributed by atoms with Gasteiger partial charge in [-0.2, -0.15) is 0 Å². The summed E-state index contributed by atoms with van der Waals surface area (Å²) in [5.41, 5.74) is -0.820. The number of rotatable bonds is 4. The summed E-state index contributed by atoms with van der Waals surface area (Å²) in [4.78, 5) is 41.5. The Morgan fingerprint density at radius 1 is 0.979 bits per heavy atom. The molecule has 4 aromatic heterocycles. The third kappa shape index (κ3) is 13.2. The molecule has 0 spiro atoms. The van der Waals surface area contributed by atoms with Gasteiger partial charge in [-0.3, -0.25) is 9.59 Å². The van der Waals surface area contributed by atoms with Crippen molar-refractivity contribution in [1.29, 1.82) is 0.783 Å². The molecule has 0 bridgehead atoms. The number of hydrogen-bond donors (Lipinski definition) is 2. The molecule has 2 unspecified atom stereocenters. The molecule has 0 aromatic carbocycles. The van der Waals surface area contributed by atoms with Crippen LogP contribution in [0.2, 0.25) is 0 Å². The Hall–Kier alpha value is -1.72. The maximum absolute atomic E-state index is 12.4. The maximum atomic E-state index is 12.4. The predicted octanol–water partition coefficient (Wildman–Crippen LogP) is 8.17. The van der Waals surface area contributed by atoms with Gasteiger partial charge in [0, 0.05) is 16.9 Å². The quantitative estimate of drug-likeness (QED) is 0.119. The molecule has 1 aliphatic heterocycles. The Kier molecular flexibility index (Phi) is 18.4. The van der Waals surface area contributed by atoms with Gasteiger partial charge >= 0.3 is 42.7 Å². The topological polar surface area (TPSA) is 136 Å². The van der Waals surface area contributed by atoms with Crippen molar-refractivity contribution in [3.05, 3.63) is 86.1 Å². The van der Waals surface area contributed by atoms with Gasteiger partial charge < -0.3 is 19.3 Å². The fraction of sp³-hybridized carbons (Fsp3) is 0.308. The zero-order valence-electron chi connectivity index (χ0n) is 26.4. The second-order valence-corrected chi connectivity index (χ2v) is 14.0. The van der Waals surface area contributed by atoms with Gasteiger partial charge in [0.2, 0.25) is 0 Å². The third-order valence-electron chi connectivity index (χ3n) is 6.23. The van der Waals surface area contributed by atoms with E-state index in [0.717, 1.165) is 0 Å². The standard InChI is InChI=1S/C10H7F2N3O.C8H15BO2.C8H4BrF2N3O.2ClH.FH3P2.Pd.H/c1-2-5-3-6-7(13-4-5)10(16)15-9(14-6)8(11)12;1-6-9-10-7(2,3)8(4,5)11-9;9-3-1-4-5(12-2-3)8(15)14-7(13-4)6(10)11;;;1-3-2;;/h2-4,8H,1H2,(H,14,15,16);6H,1H2,2-5H3;1-2,6H,(H,13,14,15);2*1H;3H,2H2;;/q;;;;;;+2;/p-2/i;;;;;;;1+1. The number of halogens is 8. The number of hydrogen-bond acceptors (Lipinski definition) is 8. The average molecular weight is 917 g/mol. The van der Waals surface area contributed by atoms with Crippen LogP contribution in [-0.4, -0.2) is 49.0 Å². The number of alkyl halides is 4. The normalized spacial score (nSPS) is 14.9. The molecule has 0 saturated carbocycles. The molecule has 2 atom stereocenters. The molecular formula is C26H30BBrCl2F5N6O4P2Pd. The van der Waals surface area contributed by atoms with Crippen molar-refractivity contribution in [2.75, 3.05) is 0 Å². The van der Waals surface area contributed by atoms with E-state index in [9.17, 15) is 31.3 Å². The van der Waals surface area contributed by atoms with E-state index in [4.69, 9.17) is 29.1 Å². The number of nitrogens with zero attached hydrogens (tertiary/aromatic N) is 4. The molecule has 0 aliphatic carbocycles. The van der Waals surface area contributed by atoms with E-state index in [1.54, 1.807) is 5.98 Å². The van der Waals surface area contributed by atoms with Crippen LogP contribution >= 0.6 is 52.5 Å². The van der Waals surface area contributed by atoms with E-state index in [1.807, 2.05) is 46.6 Å². The Bertz CT molecular complexity index is 1820. The van der Waals surface area contributed by atoms with Gasteiger partial charge in [0.25, 0.3) is 24.0 Å². The van der Waals surface area contributed by atoms with Crippen LogP contribution in [0.3, 0.4) is 0 Å². The Balaban J connectivity index is 0.000000339. The number of nitrogens with one attached hydrogen (secondary N) is 2. The van der Waals surface area contributed by atoms with Crippen LogP contribution in [0.5, 0.6) is 0 Å². The van der Waals surface area contributed by atoms with Crippen LogP contribution in [0.1, 0.15) is 57.8 Å². The van der Waals surface area contributed by atoms with Gasteiger partial charge in [-0.05, 0) is 61.3 Å². The van der Waals surface area contributed by atoms with Gasteiger partial charge in [-0.1, -0.05) is 27.6 Å². The summed E-state index contributed by atoms with van der Waals surface area (Å²) in [6.45, 7) is 15.2. The van der Waals surface area contributed by atoms with Crippen molar-refractivity contribution in [1.82, 2.24) is 29.9 Å². The Morgan fingerprint density at radius 2 is 1.38 bits per heavy atom. The van der Waals surface area contributed by atoms with Crippen LogP contribution in [0.4, 0.5) is 21.8 Å². The van der Waals surface area contributed by atoms with E-state index in [-0.39, 0.29) is 40.4 Å². The van der Waals surface area contributed by atoms with Crippen molar-refractivity contribution in [2.45, 2.75) is 51.7 Å². The molecule has 1 saturated heterocycles. The molecule has 4 aromatic rings. The molecule has 2 N–H and O–H groups in total. The van der Waals surface area contributed by atoms with Crippen molar-refractivity contribution in [3.63, 3.8) is 0 Å². The summed E-state index contributed by atoms with van der Waals surface area (Å²) in [7, 11) is 10.8. The van der Waals surface area contributed by atoms with E-state index in [0.29, 0.717) is 10.0 Å². The summed E-state index contributed by atoms with van der Waals surface area (Å²) in [6, 6.07) is 2.94. The summed E-state index contributed by atoms with van der Waals surface area (Å²) in [5.74, 6) is 0.379. The number of H-pyrrole nitrogens is 2. The monoisotopic (exact) mass is 914 g/mol. The Labute approximate surface area is 301 Å². The Morgan fingerprint density at radius 3 is 1.73 bits per heavy atom. The second kappa shape index (κ2) is 20.8. The molecule has 267 valence electrons. The van der Waals surface area contributed by atoms with Crippen LogP contribution in [0.25, 0.3) is 28.1 Å². The minimum atomic E-state index is -2.82. The first-order valence-electron chi connectivity index (χ1n) is 13.2. The molecule has 48 heavy (non-hydrogen) atoms. The van der Waals surface area contributed by atoms with E-state index >= 15 is 0 Å². The predicted molar refractivity (Wildman–Crippen MR) is 187 cm³/mol. The van der Waals surface area contributed by atoms with Crippen LogP contribution in [0.15, 0.2) is 57.7 Å². The number of pyridine rings is 2. The first-order chi connectivity index (χ1) is 22.7. The summed E-state index contributed by atoms with van der Waals surface area (Å²) >= 11 is 1.33. The fourth-order valence-electron chi connectivity index (χ4n) is 3.39. The fourth-order valence-corrected chi connectivity index (χ4v) is 3.71. The van der Waals surface area contributed by atoms with Gasteiger partial charge in [-0.25, -0.2) is 41.7 Å². The van der Waals surface area contributed by atoms with E-state index in [1.165, 1.54) is 30.6 Å². The van der Waals surface area contributed by atoms with Gasteiger partial charge in [0.15, 0.2) is 22.7 Å². The first kappa shape index (κ1) is 42.4. The average Bonchev–Trinajstić information content (AvgIpc) is 3.22. The molecule has 10 nitrogen and oxygen atoms in total. The molecule has 1 fully saturated rings. The molecular weight excluding hydrogens is 885 g/mol. The van der Waals surface area contributed by atoms with E-state index in [2.05, 4.69) is 49.0 Å². The van der Waals surface area contributed by atoms with E-state index < -0.39 is 60.0 Å². The SMILES string of the molecule is C=CB1OC(C)(C)C(C)(C)O1.C=Cc1cnc2c(=O)[nH]c(C(F)F)nc2c1.FPP.O=c1[nH]c(C(F)F)nc2cc(Br)cnc12.[2H][Pd]([Cl])[Cl]. The molecule has 0 radical (unpaired) electrons. The van der Waals surface area contributed by atoms with Crippen LogP contribution in [-0.2, 0) is 25.1 Å². The van der Waals surface area contributed by atoms with Gasteiger partial charge in [0.05, 0.1) is 30.8 Å². The number of aromatic amines is 2. The van der Waals surface area contributed by atoms with Crippen molar-refractivity contribution in [3.8, 4) is 0 Å². The first-order valence-corrected chi connectivity index (χ1v) is 20.4. The van der Waals surface area contributed by atoms with Crippen LogP contribution in [0, 0.1) is 0 Å². The van der Waals surface area contributed by atoms with Gasteiger partial charge in [-0.15, -0.1) is 6.58 Å². The van der Waals surface area contributed by atoms with Crippen molar-refractivity contribution < 1.29 is 46.8 Å². The number of aromatic nitrogens is 6. The van der Waals surface area contributed by atoms with Crippen molar-refractivity contribution >= 4 is 87.8 Å². The molecule has 0 amide bonds. The summed E-state index contributed by atoms with van der Waals surface area (Å²) < 4.78 is 77.6. The zero-order chi connectivity index (χ0) is 37.7. The second-order valence-electron chi connectivity index (χ2n) is 9.88. The van der Waals surface area contributed by atoms with Gasteiger partial charge in [0.1, 0.15) is 0 Å². The van der Waals surface area contributed by atoms with Crippen molar-refractivity contribution in [2.24, 2.45) is 0 Å². The zero-order valence-corrected chi connectivity index (χ0v) is 32.3. The number of fused-ring (bicyclic) bond motifs is 2. The third-order valence-corrected chi connectivity index (χ3v) is 6.66.